The fourth-order valence-corrected chi connectivity index (χ4v) is 1.37. The Labute approximate surface area is 91.9 Å². The molecule has 0 saturated carbocycles. The molecule has 0 fully saturated rings. The molecule has 0 radical (unpaired) electrons. The summed E-state index contributed by atoms with van der Waals surface area (Å²) in [7, 11) is 0. The lowest BCUT2D eigenvalue weighted by Gasteiger charge is -2.25. The van der Waals surface area contributed by atoms with Gasteiger partial charge >= 0.3 is 0 Å². The van der Waals surface area contributed by atoms with E-state index in [2.05, 4.69) is 19.9 Å². The monoisotopic (exact) mass is 208 g/mol. The highest BCUT2D eigenvalue weighted by molar-refractivity contribution is 5.41. The Kier molecular flexibility index (Phi) is 3.40. The standard InChI is InChI=1S/C13H20O2/c1-9-6-11(3)12(7-10(9)2)15-13(4,5)8-14/h6-7,14H,8H2,1-5H3. The van der Waals surface area contributed by atoms with Crippen molar-refractivity contribution in [3.05, 3.63) is 28.8 Å². The van der Waals surface area contributed by atoms with E-state index in [0.717, 1.165) is 11.3 Å². The van der Waals surface area contributed by atoms with E-state index in [4.69, 9.17) is 9.84 Å². The second kappa shape index (κ2) is 4.23. The van der Waals surface area contributed by atoms with Crippen LogP contribution in [0.2, 0.25) is 0 Å². The van der Waals surface area contributed by atoms with Crippen molar-refractivity contribution in [2.45, 2.75) is 40.2 Å². The summed E-state index contributed by atoms with van der Waals surface area (Å²) in [5.41, 5.74) is 3.07. The molecule has 15 heavy (non-hydrogen) atoms. The minimum absolute atomic E-state index is 0.0133. The molecule has 0 heterocycles. The lowest BCUT2D eigenvalue weighted by Crippen LogP contribution is -2.32. The molecule has 2 nitrogen and oxygen atoms in total. The Morgan fingerprint density at radius 2 is 1.60 bits per heavy atom. The smallest absolute Gasteiger partial charge is 0.126 e. The Hall–Kier alpha value is -1.02. The first-order valence-corrected chi connectivity index (χ1v) is 5.23. The van der Waals surface area contributed by atoms with Gasteiger partial charge in [-0.25, -0.2) is 0 Å². The van der Waals surface area contributed by atoms with Crippen LogP contribution in [0.15, 0.2) is 12.1 Å². The van der Waals surface area contributed by atoms with Crippen LogP contribution in [0.5, 0.6) is 5.75 Å². The second-order valence-corrected chi connectivity index (χ2v) is 4.72. The number of hydrogen-bond donors (Lipinski definition) is 1. The summed E-state index contributed by atoms with van der Waals surface area (Å²) < 4.78 is 5.77. The number of aliphatic hydroxyl groups is 1. The highest BCUT2D eigenvalue weighted by Gasteiger charge is 2.19. The highest BCUT2D eigenvalue weighted by atomic mass is 16.5. The number of ether oxygens (including phenoxy) is 1. The molecule has 0 aliphatic rings. The van der Waals surface area contributed by atoms with Crippen LogP contribution in [0.1, 0.15) is 30.5 Å². The molecule has 0 spiro atoms. The zero-order valence-electron chi connectivity index (χ0n) is 10.2. The number of benzene rings is 1. The van der Waals surface area contributed by atoms with Gasteiger partial charge in [0.25, 0.3) is 0 Å². The third kappa shape index (κ3) is 2.96. The zero-order valence-corrected chi connectivity index (χ0v) is 10.2. The van der Waals surface area contributed by atoms with E-state index in [9.17, 15) is 0 Å². The first-order valence-electron chi connectivity index (χ1n) is 5.23. The highest BCUT2D eigenvalue weighted by Crippen LogP contribution is 2.25. The van der Waals surface area contributed by atoms with Crippen molar-refractivity contribution in [1.82, 2.24) is 0 Å². The van der Waals surface area contributed by atoms with Crippen LogP contribution in [0.4, 0.5) is 0 Å². The number of rotatable bonds is 3. The van der Waals surface area contributed by atoms with Crippen LogP contribution in [-0.4, -0.2) is 17.3 Å². The zero-order chi connectivity index (χ0) is 11.6. The van der Waals surface area contributed by atoms with Gasteiger partial charge in [0.1, 0.15) is 11.4 Å². The third-order valence-electron chi connectivity index (χ3n) is 2.56. The first kappa shape index (κ1) is 12.1. The van der Waals surface area contributed by atoms with Gasteiger partial charge in [0.15, 0.2) is 0 Å². The van der Waals surface area contributed by atoms with Crippen LogP contribution in [0, 0.1) is 20.8 Å². The lowest BCUT2D eigenvalue weighted by atomic mass is 10.1. The van der Waals surface area contributed by atoms with Crippen molar-refractivity contribution in [2.75, 3.05) is 6.61 Å². The van der Waals surface area contributed by atoms with Crippen molar-refractivity contribution in [3.8, 4) is 5.75 Å². The van der Waals surface area contributed by atoms with Crippen molar-refractivity contribution in [3.63, 3.8) is 0 Å². The molecule has 2 heteroatoms. The molecule has 0 saturated heterocycles. The summed E-state index contributed by atoms with van der Waals surface area (Å²) >= 11 is 0. The van der Waals surface area contributed by atoms with Crippen LogP contribution >= 0.6 is 0 Å². The van der Waals surface area contributed by atoms with E-state index in [1.807, 2.05) is 26.8 Å². The maximum absolute atomic E-state index is 9.15. The van der Waals surface area contributed by atoms with Crippen molar-refractivity contribution in [2.24, 2.45) is 0 Å². The molecule has 0 unspecified atom stereocenters. The Balaban J connectivity index is 3.01. The van der Waals surface area contributed by atoms with Crippen molar-refractivity contribution >= 4 is 0 Å². The average molecular weight is 208 g/mol. The third-order valence-corrected chi connectivity index (χ3v) is 2.56. The lowest BCUT2D eigenvalue weighted by molar-refractivity contribution is 0.0406. The fraction of sp³-hybridized carbons (Fsp3) is 0.538. The van der Waals surface area contributed by atoms with Gasteiger partial charge in [-0.05, 0) is 57.4 Å². The maximum Gasteiger partial charge on any atom is 0.126 e. The van der Waals surface area contributed by atoms with E-state index in [1.165, 1.54) is 11.1 Å². The van der Waals surface area contributed by atoms with Gasteiger partial charge in [0, 0.05) is 0 Å². The molecule has 1 aromatic carbocycles. The quantitative estimate of drug-likeness (QED) is 0.827. The minimum Gasteiger partial charge on any atom is -0.485 e. The number of aliphatic hydroxyl groups excluding tert-OH is 1. The Morgan fingerprint density at radius 3 is 2.13 bits per heavy atom. The average Bonchev–Trinajstić information content (AvgIpc) is 2.14. The van der Waals surface area contributed by atoms with Gasteiger partial charge in [-0.2, -0.15) is 0 Å². The summed E-state index contributed by atoms with van der Waals surface area (Å²) in [5.74, 6) is 0.858. The van der Waals surface area contributed by atoms with Gasteiger partial charge in [0.05, 0.1) is 6.61 Å². The maximum atomic E-state index is 9.15. The number of aryl methyl sites for hydroxylation is 3. The molecule has 84 valence electrons. The molecule has 1 N–H and O–H groups in total. The summed E-state index contributed by atoms with van der Waals surface area (Å²) in [6.45, 7) is 9.94. The van der Waals surface area contributed by atoms with Crippen LogP contribution in [0.25, 0.3) is 0 Å². The van der Waals surface area contributed by atoms with Crippen LogP contribution in [0.3, 0.4) is 0 Å². The topological polar surface area (TPSA) is 29.5 Å². The van der Waals surface area contributed by atoms with Crippen molar-refractivity contribution in [1.29, 1.82) is 0 Å². The predicted octanol–water partition coefficient (Wildman–Crippen LogP) is 2.76. The summed E-state index contributed by atoms with van der Waals surface area (Å²) in [6, 6.07) is 4.14. The summed E-state index contributed by atoms with van der Waals surface area (Å²) in [5, 5.41) is 9.15. The van der Waals surface area contributed by atoms with Crippen LogP contribution < -0.4 is 4.74 Å². The molecule has 0 aliphatic heterocycles. The Morgan fingerprint density at radius 1 is 1.07 bits per heavy atom. The van der Waals surface area contributed by atoms with Gasteiger partial charge in [-0.1, -0.05) is 6.07 Å². The van der Waals surface area contributed by atoms with E-state index < -0.39 is 5.60 Å². The molecule has 0 amide bonds. The largest absolute Gasteiger partial charge is 0.485 e. The first-order chi connectivity index (χ1) is 6.85. The molecule has 0 aliphatic carbocycles. The second-order valence-electron chi connectivity index (χ2n) is 4.72. The molecular formula is C13H20O2. The van der Waals surface area contributed by atoms with Gasteiger partial charge in [-0.15, -0.1) is 0 Å². The van der Waals surface area contributed by atoms with Gasteiger partial charge in [0.2, 0.25) is 0 Å². The van der Waals surface area contributed by atoms with Crippen molar-refractivity contribution < 1.29 is 9.84 Å². The molecule has 0 bridgehead atoms. The van der Waals surface area contributed by atoms with Gasteiger partial charge in [-0.3, -0.25) is 0 Å². The molecule has 0 atom stereocenters. The normalized spacial score (nSPS) is 11.6. The molecule has 1 rings (SSSR count). The van der Waals surface area contributed by atoms with E-state index in [-0.39, 0.29) is 6.61 Å². The Bertz CT molecular complexity index is 354. The van der Waals surface area contributed by atoms with E-state index in [0.29, 0.717) is 0 Å². The van der Waals surface area contributed by atoms with E-state index in [1.54, 1.807) is 0 Å². The summed E-state index contributed by atoms with van der Waals surface area (Å²) in [4.78, 5) is 0. The predicted molar refractivity (Wildman–Crippen MR) is 62.4 cm³/mol. The van der Waals surface area contributed by atoms with Gasteiger partial charge < -0.3 is 9.84 Å². The molecule has 0 aromatic heterocycles. The molecule has 1 aromatic rings. The molecular weight excluding hydrogens is 188 g/mol. The minimum atomic E-state index is -0.521. The summed E-state index contributed by atoms with van der Waals surface area (Å²) in [6.07, 6.45) is 0. The van der Waals surface area contributed by atoms with Crippen LogP contribution in [-0.2, 0) is 0 Å². The number of hydrogen-bond acceptors (Lipinski definition) is 2. The fourth-order valence-electron chi connectivity index (χ4n) is 1.37. The van der Waals surface area contributed by atoms with E-state index >= 15 is 0 Å². The SMILES string of the molecule is Cc1cc(C)c(OC(C)(C)CO)cc1C.